The Kier molecular flexibility index (Phi) is 6.04. The Morgan fingerprint density at radius 3 is 2.29 bits per heavy atom. The summed E-state index contributed by atoms with van der Waals surface area (Å²) in [4.78, 5) is 6.96. The summed E-state index contributed by atoms with van der Waals surface area (Å²) in [7, 11) is 0. The highest BCUT2D eigenvalue weighted by molar-refractivity contribution is 9.10. The van der Waals surface area contributed by atoms with Crippen LogP contribution in [0.2, 0.25) is 0 Å². The molecule has 6 heteroatoms. The molecule has 34 heavy (non-hydrogen) atoms. The van der Waals surface area contributed by atoms with E-state index in [2.05, 4.69) is 113 Å². The van der Waals surface area contributed by atoms with E-state index in [4.69, 9.17) is 17.2 Å². The Hall–Kier alpha value is -2.96. The molecular weight excluding hydrogens is 504 g/mol. The Morgan fingerprint density at radius 1 is 0.882 bits per heavy atom. The second kappa shape index (κ2) is 9.01. The molecule has 0 amide bonds. The fourth-order valence-electron chi connectivity index (χ4n) is 4.90. The van der Waals surface area contributed by atoms with Crippen LogP contribution in [0.4, 0.5) is 5.69 Å². The Balaban J connectivity index is 1.68. The minimum absolute atomic E-state index is 0.0279. The van der Waals surface area contributed by atoms with Crippen LogP contribution in [0.5, 0.6) is 0 Å². The number of anilines is 1. The second-order valence-electron chi connectivity index (χ2n) is 8.90. The van der Waals surface area contributed by atoms with Crippen molar-refractivity contribution in [3.05, 3.63) is 111 Å². The smallest absolute Gasteiger partial charge is 0.174 e. The summed E-state index contributed by atoms with van der Waals surface area (Å²) in [6.45, 7) is 8.64. The summed E-state index contributed by atoms with van der Waals surface area (Å²) in [5, 5.41) is 4.30. The van der Waals surface area contributed by atoms with Crippen molar-refractivity contribution in [2.24, 2.45) is 0 Å². The van der Waals surface area contributed by atoms with Crippen molar-refractivity contribution in [2.75, 3.05) is 4.90 Å². The van der Waals surface area contributed by atoms with Crippen LogP contribution in [0.15, 0.2) is 77.4 Å². The van der Waals surface area contributed by atoms with Gasteiger partial charge in [-0.3, -0.25) is 4.98 Å². The Morgan fingerprint density at radius 2 is 1.62 bits per heavy atom. The van der Waals surface area contributed by atoms with Gasteiger partial charge in [-0.1, -0.05) is 28.1 Å². The number of pyridine rings is 1. The average Bonchev–Trinajstić information content (AvgIpc) is 3.32. The first-order valence-electron chi connectivity index (χ1n) is 11.4. The van der Waals surface area contributed by atoms with Crippen LogP contribution in [0.25, 0.3) is 5.69 Å². The average molecular weight is 532 g/mol. The van der Waals surface area contributed by atoms with E-state index in [1.54, 1.807) is 0 Å². The van der Waals surface area contributed by atoms with E-state index < -0.39 is 0 Å². The van der Waals surface area contributed by atoms with Crippen molar-refractivity contribution in [1.82, 2.24) is 14.9 Å². The molecule has 0 saturated carbocycles. The summed E-state index contributed by atoms with van der Waals surface area (Å²) in [6.07, 6.45) is 1.85. The Labute approximate surface area is 214 Å². The zero-order valence-electron chi connectivity index (χ0n) is 19.7. The molecule has 172 valence electrons. The number of rotatable bonds is 4. The topological polar surface area (TPSA) is 33.1 Å². The molecule has 2 aromatic carbocycles. The third-order valence-corrected chi connectivity index (χ3v) is 7.58. The molecule has 2 atom stereocenters. The fraction of sp³-hybridized carbons (Fsp3) is 0.214. The summed E-state index contributed by atoms with van der Waals surface area (Å²) < 4.78 is 3.39. The Bertz CT molecular complexity index is 1360. The predicted molar refractivity (Wildman–Crippen MR) is 147 cm³/mol. The number of nitrogens with one attached hydrogen (secondary N) is 1. The van der Waals surface area contributed by atoms with Crippen LogP contribution in [0, 0.1) is 27.7 Å². The largest absolute Gasteiger partial charge is 0.351 e. The quantitative estimate of drug-likeness (QED) is 0.286. The molecule has 1 aliphatic rings. The first-order chi connectivity index (χ1) is 16.3. The van der Waals surface area contributed by atoms with Crippen LogP contribution in [0.3, 0.4) is 0 Å². The zero-order valence-corrected chi connectivity index (χ0v) is 22.1. The minimum Gasteiger partial charge on any atom is -0.351 e. The van der Waals surface area contributed by atoms with Crippen molar-refractivity contribution in [3.63, 3.8) is 0 Å². The number of hydrogen-bond acceptors (Lipinski definition) is 2. The maximum atomic E-state index is 5.92. The number of nitrogens with zero attached hydrogens (tertiary/aromatic N) is 3. The summed E-state index contributed by atoms with van der Waals surface area (Å²) in [6, 6.07) is 23.3. The molecule has 4 nitrogen and oxygen atoms in total. The third kappa shape index (κ3) is 3.95. The van der Waals surface area contributed by atoms with E-state index in [1.165, 1.54) is 28.1 Å². The molecule has 1 aliphatic heterocycles. The lowest BCUT2D eigenvalue weighted by Gasteiger charge is -2.28. The maximum Gasteiger partial charge on any atom is 0.174 e. The molecule has 1 fully saturated rings. The van der Waals surface area contributed by atoms with Crippen LogP contribution < -0.4 is 10.2 Å². The normalized spacial score (nSPS) is 17.8. The van der Waals surface area contributed by atoms with E-state index in [1.807, 2.05) is 18.3 Å². The molecule has 0 bridgehead atoms. The van der Waals surface area contributed by atoms with Gasteiger partial charge in [0.05, 0.1) is 17.8 Å². The first kappa shape index (κ1) is 22.8. The molecule has 5 rings (SSSR count). The number of hydrogen-bond donors (Lipinski definition) is 1. The van der Waals surface area contributed by atoms with E-state index in [-0.39, 0.29) is 12.1 Å². The van der Waals surface area contributed by atoms with Gasteiger partial charge in [0.2, 0.25) is 0 Å². The highest BCUT2D eigenvalue weighted by Crippen LogP contribution is 2.44. The van der Waals surface area contributed by atoms with Gasteiger partial charge in [0, 0.05) is 33.4 Å². The van der Waals surface area contributed by atoms with Gasteiger partial charge in [-0.2, -0.15) is 0 Å². The molecule has 3 heterocycles. The number of thiocarbonyl (C=S) groups is 1. The molecule has 4 aromatic rings. The third-order valence-electron chi connectivity index (χ3n) is 6.74. The van der Waals surface area contributed by atoms with Crippen molar-refractivity contribution in [2.45, 2.75) is 39.8 Å². The second-order valence-corrected chi connectivity index (χ2v) is 10.2. The lowest BCUT2D eigenvalue weighted by molar-refractivity contribution is 0.565. The van der Waals surface area contributed by atoms with Gasteiger partial charge in [0.1, 0.15) is 0 Å². The van der Waals surface area contributed by atoms with Gasteiger partial charge < -0.3 is 14.8 Å². The van der Waals surface area contributed by atoms with Crippen molar-refractivity contribution in [1.29, 1.82) is 0 Å². The van der Waals surface area contributed by atoms with Gasteiger partial charge in [-0.25, -0.2) is 0 Å². The SMILES string of the molecule is Cc1ccc(N2C(=S)N[C@H](c3ccccn3)[C@@H]2c2cc(C)n(-c3ccc(Br)cc3)c2C)cc1C. The van der Waals surface area contributed by atoms with Crippen LogP contribution in [-0.2, 0) is 0 Å². The molecule has 1 N–H and O–H groups in total. The molecule has 0 radical (unpaired) electrons. The van der Waals surface area contributed by atoms with E-state index in [0.29, 0.717) is 0 Å². The van der Waals surface area contributed by atoms with Crippen LogP contribution in [0.1, 0.15) is 45.9 Å². The lowest BCUT2D eigenvalue weighted by atomic mass is 9.96. The zero-order chi connectivity index (χ0) is 24.0. The number of aromatic nitrogens is 2. The standard InChI is InChI=1S/C28H27BrN4S/c1-17-8-11-23(15-18(17)2)33-27(26(31-28(33)34)25-7-5-6-14-30-25)24-16-19(3)32(20(24)4)22-12-9-21(29)10-13-22/h5-16,26-27H,1-4H3,(H,31,34)/t26-,27+/m1/s1. The van der Waals surface area contributed by atoms with Gasteiger partial charge >= 0.3 is 0 Å². The van der Waals surface area contributed by atoms with E-state index >= 15 is 0 Å². The maximum absolute atomic E-state index is 5.92. The fourth-order valence-corrected chi connectivity index (χ4v) is 5.51. The van der Waals surface area contributed by atoms with Gasteiger partial charge in [-0.05, 0) is 111 Å². The van der Waals surface area contributed by atoms with Crippen LogP contribution in [-0.4, -0.2) is 14.7 Å². The van der Waals surface area contributed by atoms with Gasteiger partial charge in [-0.15, -0.1) is 0 Å². The van der Waals surface area contributed by atoms with E-state index in [0.717, 1.165) is 26.7 Å². The summed E-state index contributed by atoms with van der Waals surface area (Å²) in [5.41, 5.74) is 9.37. The van der Waals surface area contributed by atoms with Crippen LogP contribution >= 0.6 is 28.1 Å². The van der Waals surface area contributed by atoms with Crippen molar-refractivity contribution < 1.29 is 0 Å². The van der Waals surface area contributed by atoms with Crippen molar-refractivity contribution in [3.8, 4) is 5.69 Å². The minimum atomic E-state index is -0.0609. The molecule has 2 aromatic heterocycles. The summed E-state index contributed by atoms with van der Waals surface area (Å²) >= 11 is 9.47. The first-order valence-corrected chi connectivity index (χ1v) is 12.6. The molecule has 0 spiro atoms. The molecule has 1 saturated heterocycles. The molecule has 0 aliphatic carbocycles. The summed E-state index contributed by atoms with van der Waals surface area (Å²) in [5.74, 6) is 0. The highest BCUT2D eigenvalue weighted by atomic mass is 79.9. The lowest BCUT2D eigenvalue weighted by Crippen LogP contribution is -2.29. The predicted octanol–water partition coefficient (Wildman–Crippen LogP) is 7.05. The number of benzene rings is 2. The number of aryl methyl sites for hydroxylation is 3. The van der Waals surface area contributed by atoms with Gasteiger partial charge in [0.15, 0.2) is 5.11 Å². The van der Waals surface area contributed by atoms with Gasteiger partial charge in [0.25, 0.3) is 0 Å². The molecule has 0 unspecified atom stereocenters. The van der Waals surface area contributed by atoms with Crippen molar-refractivity contribution >= 4 is 38.9 Å². The number of halogens is 1. The molecular formula is C28H27BrN4S. The highest BCUT2D eigenvalue weighted by Gasteiger charge is 2.42. The van der Waals surface area contributed by atoms with E-state index in [9.17, 15) is 0 Å². The monoisotopic (exact) mass is 530 g/mol.